The van der Waals surface area contributed by atoms with Gasteiger partial charge in [0.1, 0.15) is 0 Å². The summed E-state index contributed by atoms with van der Waals surface area (Å²) in [5.74, 6) is -0.268. The number of nitrogens with two attached hydrogens (primary N) is 1. The van der Waals surface area contributed by atoms with Crippen LogP contribution in [-0.4, -0.2) is 44.6 Å². The molecule has 1 amide bonds. The molecule has 0 spiro atoms. The number of carbonyl (C=O) groups excluding carboxylic acids is 1. The van der Waals surface area contributed by atoms with Gasteiger partial charge in [0.25, 0.3) is 5.91 Å². The van der Waals surface area contributed by atoms with E-state index in [1.165, 1.54) is 18.2 Å². The molecule has 1 unspecified atom stereocenters. The van der Waals surface area contributed by atoms with Crippen LogP contribution < -0.4 is 5.73 Å². The van der Waals surface area contributed by atoms with E-state index in [0.717, 1.165) is 19.1 Å². The van der Waals surface area contributed by atoms with E-state index in [9.17, 15) is 13.2 Å². The number of sulfone groups is 1. The highest BCUT2D eigenvalue weighted by Crippen LogP contribution is 2.23. The van der Waals surface area contributed by atoms with Crippen LogP contribution in [0.4, 0.5) is 0 Å². The van der Waals surface area contributed by atoms with Gasteiger partial charge in [0.15, 0.2) is 9.84 Å². The van der Waals surface area contributed by atoms with Crippen LogP contribution in [0.5, 0.6) is 0 Å². The smallest absolute Gasteiger partial charge is 0.255 e. The molecule has 5 nitrogen and oxygen atoms in total. The summed E-state index contributed by atoms with van der Waals surface area (Å²) in [6.07, 6.45) is 2.83. The Hall–Kier alpha value is -1.11. The Morgan fingerprint density at radius 3 is 2.75 bits per heavy atom. The standard InChI is InChI=1S/C13H17ClN2O3S/c1-20(18,19)10-4-5-12(14)11(7-10)13(17)16-6-2-3-9(15)8-16/h4-5,7,9H,2-3,6,8,15H2,1H3. The summed E-state index contributed by atoms with van der Waals surface area (Å²) in [6, 6.07) is 4.13. The molecule has 1 fully saturated rings. The van der Waals surface area contributed by atoms with E-state index < -0.39 is 9.84 Å². The van der Waals surface area contributed by atoms with Gasteiger partial charge in [-0.05, 0) is 31.0 Å². The lowest BCUT2D eigenvalue weighted by atomic mass is 10.1. The fourth-order valence-electron chi connectivity index (χ4n) is 2.26. The van der Waals surface area contributed by atoms with Crippen molar-refractivity contribution in [2.75, 3.05) is 19.3 Å². The van der Waals surface area contributed by atoms with Gasteiger partial charge in [-0.3, -0.25) is 4.79 Å². The second-order valence-corrected chi connectivity index (χ2v) is 7.49. The summed E-state index contributed by atoms with van der Waals surface area (Å²) in [5.41, 5.74) is 6.07. The minimum absolute atomic E-state index is 0.0374. The van der Waals surface area contributed by atoms with E-state index in [-0.39, 0.29) is 27.4 Å². The fraction of sp³-hybridized carbons (Fsp3) is 0.462. The summed E-state index contributed by atoms with van der Waals surface area (Å²) in [5, 5.41) is 0.251. The molecular formula is C13H17ClN2O3S. The van der Waals surface area contributed by atoms with Crippen molar-refractivity contribution < 1.29 is 13.2 Å². The van der Waals surface area contributed by atoms with Gasteiger partial charge in [0.05, 0.1) is 15.5 Å². The number of halogens is 1. The number of hydrogen-bond donors (Lipinski definition) is 1. The molecule has 1 aromatic carbocycles. The number of rotatable bonds is 2. The molecule has 2 rings (SSSR count). The van der Waals surface area contributed by atoms with Gasteiger partial charge in [0.2, 0.25) is 0 Å². The van der Waals surface area contributed by atoms with Gasteiger partial charge in [-0.15, -0.1) is 0 Å². The highest BCUT2D eigenvalue weighted by atomic mass is 35.5. The molecule has 7 heteroatoms. The van der Waals surface area contributed by atoms with E-state index in [1.54, 1.807) is 4.90 Å². The Labute approximate surface area is 123 Å². The number of nitrogens with zero attached hydrogens (tertiary/aromatic N) is 1. The van der Waals surface area contributed by atoms with Gasteiger partial charge < -0.3 is 10.6 Å². The Kier molecular flexibility index (Phi) is 4.36. The maximum atomic E-state index is 12.4. The van der Waals surface area contributed by atoms with Crippen LogP contribution in [-0.2, 0) is 9.84 Å². The molecule has 1 aromatic rings. The number of benzene rings is 1. The largest absolute Gasteiger partial charge is 0.337 e. The zero-order chi connectivity index (χ0) is 14.9. The molecule has 0 aliphatic carbocycles. The van der Waals surface area contributed by atoms with Gasteiger partial charge in [-0.25, -0.2) is 8.42 Å². The average Bonchev–Trinajstić information content (AvgIpc) is 2.37. The zero-order valence-corrected chi connectivity index (χ0v) is 12.7. The maximum Gasteiger partial charge on any atom is 0.255 e. The molecule has 0 aromatic heterocycles. The summed E-state index contributed by atoms with van der Waals surface area (Å²) in [4.78, 5) is 14.2. The fourth-order valence-corrected chi connectivity index (χ4v) is 3.11. The lowest BCUT2D eigenvalue weighted by molar-refractivity contribution is 0.0708. The zero-order valence-electron chi connectivity index (χ0n) is 11.2. The minimum atomic E-state index is -3.37. The summed E-state index contributed by atoms with van der Waals surface area (Å²) in [7, 11) is -3.37. The second-order valence-electron chi connectivity index (χ2n) is 5.07. The number of hydrogen-bond acceptors (Lipinski definition) is 4. The Bertz CT molecular complexity index is 631. The Morgan fingerprint density at radius 1 is 1.45 bits per heavy atom. The number of piperidine rings is 1. The number of likely N-dealkylation sites (tertiary alicyclic amines) is 1. The first kappa shape index (κ1) is 15.3. The van der Waals surface area contributed by atoms with Crippen LogP contribution in [0.1, 0.15) is 23.2 Å². The normalized spacial score (nSPS) is 19.9. The van der Waals surface area contributed by atoms with E-state index in [0.29, 0.717) is 13.1 Å². The molecule has 2 N–H and O–H groups in total. The lowest BCUT2D eigenvalue weighted by Gasteiger charge is -2.31. The minimum Gasteiger partial charge on any atom is -0.337 e. The van der Waals surface area contributed by atoms with Gasteiger partial charge in [-0.2, -0.15) is 0 Å². The SMILES string of the molecule is CS(=O)(=O)c1ccc(Cl)c(C(=O)N2CCCC(N)C2)c1. The van der Waals surface area contributed by atoms with Crippen LogP contribution in [0.25, 0.3) is 0 Å². The average molecular weight is 317 g/mol. The van der Waals surface area contributed by atoms with E-state index in [2.05, 4.69) is 0 Å². The highest BCUT2D eigenvalue weighted by Gasteiger charge is 2.24. The van der Waals surface area contributed by atoms with Crippen molar-refractivity contribution in [2.24, 2.45) is 5.73 Å². The molecule has 1 saturated heterocycles. The molecule has 20 heavy (non-hydrogen) atoms. The van der Waals surface area contributed by atoms with Crippen LogP contribution in [0, 0.1) is 0 Å². The molecule has 0 bridgehead atoms. The second kappa shape index (κ2) is 5.71. The topological polar surface area (TPSA) is 80.5 Å². The van der Waals surface area contributed by atoms with Crippen molar-refractivity contribution in [3.8, 4) is 0 Å². The molecule has 110 valence electrons. The molecule has 1 heterocycles. The lowest BCUT2D eigenvalue weighted by Crippen LogP contribution is -2.45. The predicted octanol–water partition coefficient (Wildman–Crippen LogP) is 1.31. The number of amides is 1. The monoisotopic (exact) mass is 316 g/mol. The Morgan fingerprint density at radius 2 is 2.15 bits per heavy atom. The molecule has 0 saturated carbocycles. The van der Waals surface area contributed by atoms with Crippen molar-refractivity contribution in [2.45, 2.75) is 23.8 Å². The Balaban J connectivity index is 2.34. The first-order valence-electron chi connectivity index (χ1n) is 6.33. The van der Waals surface area contributed by atoms with Gasteiger partial charge in [-0.1, -0.05) is 11.6 Å². The van der Waals surface area contributed by atoms with Crippen LogP contribution >= 0.6 is 11.6 Å². The molecule has 1 atom stereocenters. The summed E-state index contributed by atoms with van der Waals surface area (Å²) in [6.45, 7) is 1.09. The van der Waals surface area contributed by atoms with Crippen LogP contribution in [0.3, 0.4) is 0 Å². The van der Waals surface area contributed by atoms with Crippen molar-refractivity contribution in [3.05, 3.63) is 28.8 Å². The van der Waals surface area contributed by atoms with Crippen molar-refractivity contribution in [1.82, 2.24) is 4.90 Å². The van der Waals surface area contributed by atoms with Crippen molar-refractivity contribution in [1.29, 1.82) is 0 Å². The maximum absolute atomic E-state index is 12.4. The van der Waals surface area contributed by atoms with Crippen LogP contribution in [0.15, 0.2) is 23.1 Å². The third-order valence-corrected chi connectivity index (χ3v) is 4.78. The summed E-state index contributed by atoms with van der Waals surface area (Å²) >= 11 is 6.02. The van der Waals surface area contributed by atoms with Gasteiger partial charge >= 0.3 is 0 Å². The van der Waals surface area contributed by atoms with Gasteiger partial charge in [0, 0.05) is 25.4 Å². The quantitative estimate of drug-likeness (QED) is 0.892. The van der Waals surface area contributed by atoms with Crippen molar-refractivity contribution >= 4 is 27.3 Å². The van der Waals surface area contributed by atoms with E-state index >= 15 is 0 Å². The first-order chi connectivity index (χ1) is 9.29. The first-order valence-corrected chi connectivity index (χ1v) is 8.60. The molecular weight excluding hydrogens is 300 g/mol. The van der Waals surface area contributed by atoms with Crippen molar-refractivity contribution in [3.63, 3.8) is 0 Å². The third kappa shape index (κ3) is 3.31. The third-order valence-electron chi connectivity index (χ3n) is 3.34. The van der Waals surface area contributed by atoms with E-state index in [1.807, 2.05) is 0 Å². The molecule has 0 radical (unpaired) electrons. The van der Waals surface area contributed by atoms with E-state index in [4.69, 9.17) is 17.3 Å². The molecule has 1 aliphatic heterocycles. The highest BCUT2D eigenvalue weighted by molar-refractivity contribution is 7.90. The predicted molar refractivity (Wildman–Crippen MR) is 77.7 cm³/mol. The van der Waals surface area contributed by atoms with Crippen LogP contribution in [0.2, 0.25) is 5.02 Å². The molecule has 1 aliphatic rings. The number of carbonyl (C=O) groups is 1. The summed E-state index contributed by atoms with van der Waals surface area (Å²) < 4.78 is 23.1.